The minimum Gasteiger partial charge on any atom is -0.390 e. The highest BCUT2D eigenvalue weighted by Gasteiger charge is 2.32. The van der Waals surface area contributed by atoms with Crippen LogP contribution in [0.4, 0.5) is 8.78 Å². The predicted octanol–water partition coefficient (Wildman–Crippen LogP) is 2.81. The molecule has 0 heterocycles. The summed E-state index contributed by atoms with van der Waals surface area (Å²) >= 11 is 0. The summed E-state index contributed by atoms with van der Waals surface area (Å²) in [5.74, 6) is -0.885. The fourth-order valence-corrected chi connectivity index (χ4v) is 2.24. The third-order valence-electron chi connectivity index (χ3n) is 3.06. The van der Waals surface area contributed by atoms with Gasteiger partial charge in [-0.15, -0.1) is 0 Å². The molecule has 1 aromatic rings. The lowest BCUT2D eigenvalue weighted by Crippen LogP contribution is -2.27. The first kappa shape index (κ1) is 10.6. The van der Waals surface area contributed by atoms with Crippen LogP contribution in [0.15, 0.2) is 18.2 Å². The van der Waals surface area contributed by atoms with E-state index in [0.717, 1.165) is 25.0 Å². The molecule has 1 N–H and O–H groups in total. The number of rotatable bonds is 2. The van der Waals surface area contributed by atoms with Crippen LogP contribution in [0.25, 0.3) is 0 Å². The Morgan fingerprint density at radius 2 is 1.87 bits per heavy atom. The highest BCUT2D eigenvalue weighted by atomic mass is 19.1. The van der Waals surface area contributed by atoms with Gasteiger partial charge in [0, 0.05) is 6.42 Å². The van der Waals surface area contributed by atoms with Crippen LogP contribution >= 0.6 is 0 Å². The Balaban J connectivity index is 2.19. The summed E-state index contributed by atoms with van der Waals surface area (Å²) in [5, 5.41) is 10.1. The van der Waals surface area contributed by atoms with Gasteiger partial charge in [-0.25, -0.2) is 8.78 Å². The second-order valence-electron chi connectivity index (χ2n) is 4.34. The average Bonchev–Trinajstić information content (AvgIpc) is 2.59. The molecule has 0 saturated heterocycles. The van der Waals surface area contributed by atoms with Gasteiger partial charge < -0.3 is 5.11 Å². The molecule has 0 unspecified atom stereocenters. The molecule has 3 heteroatoms. The van der Waals surface area contributed by atoms with Crippen LogP contribution in [0.5, 0.6) is 0 Å². The Morgan fingerprint density at radius 1 is 1.20 bits per heavy atom. The smallest absolute Gasteiger partial charge is 0.126 e. The van der Waals surface area contributed by atoms with Crippen LogP contribution in [-0.4, -0.2) is 10.7 Å². The minimum absolute atomic E-state index is 0.219. The van der Waals surface area contributed by atoms with Crippen molar-refractivity contribution in [1.82, 2.24) is 0 Å². The number of benzene rings is 1. The molecule has 1 aliphatic carbocycles. The SMILES string of the molecule is OC1(Cc2cc(F)ccc2F)CCCC1. The summed E-state index contributed by atoms with van der Waals surface area (Å²) < 4.78 is 26.2. The van der Waals surface area contributed by atoms with Gasteiger partial charge in [0.05, 0.1) is 5.60 Å². The zero-order valence-corrected chi connectivity index (χ0v) is 8.47. The molecular formula is C12H14F2O. The fraction of sp³-hybridized carbons (Fsp3) is 0.500. The monoisotopic (exact) mass is 212 g/mol. The number of hydrogen-bond donors (Lipinski definition) is 1. The molecular weight excluding hydrogens is 198 g/mol. The molecule has 1 aliphatic rings. The van der Waals surface area contributed by atoms with E-state index in [0.29, 0.717) is 12.8 Å². The maximum absolute atomic E-state index is 13.3. The van der Waals surface area contributed by atoms with Gasteiger partial charge in [-0.1, -0.05) is 12.8 Å². The molecule has 0 amide bonds. The van der Waals surface area contributed by atoms with E-state index in [4.69, 9.17) is 0 Å². The molecule has 0 atom stereocenters. The highest BCUT2D eigenvalue weighted by molar-refractivity contribution is 5.21. The van der Waals surface area contributed by atoms with E-state index in [1.54, 1.807) is 0 Å². The summed E-state index contributed by atoms with van der Waals surface area (Å²) in [6, 6.07) is 3.38. The standard InChI is InChI=1S/C12H14F2O/c13-10-3-4-11(14)9(7-10)8-12(15)5-1-2-6-12/h3-4,7,15H,1-2,5-6,8H2. The largest absolute Gasteiger partial charge is 0.390 e. The molecule has 15 heavy (non-hydrogen) atoms. The van der Waals surface area contributed by atoms with Crippen molar-refractivity contribution in [2.24, 2.45) is 0 Å². The first-order chi connectivity index (χ1) is 7.09. The lowest BCUT2D eigenvalue weighted by atomic mass is 9.93. The Labute approximate surface area is 87.7 Å². The second-order valence-corrected chi connectivity index (χ2v) is 4.34. The predicted molar refractivity (Wildman–Crippen MR) is 53.5 cm³/mol. The second kappa shape index (κ2) is 3.89. The first-order valence-electron chi connectivity index (χ1n) is 5.25. The zero-order chi connectivity index (χ0) is 10.9. The van der Waals surface area contributed by atoms with Gasteiger partial charge in [0.2, 0.25) is 0 Å². The number of halogens is 2. The van der Waals surface area contributed by atoms with Crippen LogP contribution in [0.1, 0.15) is 31.2 Å². The van der Waals surface area contributed by atoms with Gasteiger partial charge in [0.1, 0.15) is 11.6 Å². The fourth-order valence-electron chi connectivity index (χ4n) is 2.24. The molecule has 1 aromatic carbocycles. The van der Waals surface area contributed by atoms with Gasteiger partial charge in [-0.2, -0.15) is 0 Å². The lowest BCUT2D eigenvalue weighted by Gasteiger charge is -2.22. The van der Waals surface area contributed by atoms with Gasteiger partial charge in [0.15, 0.2) is 0 Å². The topological polar surface area (TPSA) is 20.2 Å². The summed E-state index contributed by atoms with van der Waals surface area (Å²) in [7, 11) is 0. The molecule has 0 aliphatic heterocycles. The molecule has 0 radical (unpaired) electrons. The van der Waals surface area contributed by atoms with Gasteiger partial charge in [-0.05, 0) is 36.6 Å². The van der Waals surface area contributed by atoms with E-state index in [-0.39, 0.29) is 12.0 Å². The van der Waals surface area contributed by atoms with Crippen molar-refractivity contribution in [1.29, 1.82) is 0 Å². The maximum atomic E-state index is 13.3. The molecule has 82 valence electrons. The molecule has 0 bridgehead atoms. The normalized spacial score (nSPS) is 19.4. The van der Waals surface area contributed by atoms with Crippen molar-refractivity contribution in [3.05, 3.63) is 35.4 Å². The first-order valence-corrected chi connectivity index (χ1v) is 5.25. The molecule has 1 fully saturated rings. The Bertz CT molecular complexity index is 357. The van der Waals surface area contributed by atoms with Gasteiger partial charge in [-0.3, -0.25) is 0 Å². The van der Waals surface area contributed by atoms with Gasteiger partial charge in [0.25, 0.3) is 0 Å². The summed E-state index contributed by atoms with van der Waals surface area (Å²) in [5.41, 5.74) is -0.548. The van der Waals surface area contributed by atoms with Crippen LogP contribution in [0, 0.1) is 11.6 Å². The van der Waals surface area contributed by atoms with E-state index in [9.17, 15) is 13.9 Å². The van der Waals surface area contributed by atoms with E-state index >= 15 is 0 Å². The number of hydrogen-bond acceptors (Lipinski definition) is 1. The van der Waals surface area contributed by atoms with E-state index in [1.165, 1.54) is 6.07 Å². The van der Waals surface area contributed by atoms with Crippen molar-refractivity contribution < 1.29 is 13.9 Å². The summed E-state index contributed by atoms with van der Waals surface area (Å²) in [6.45, 7) is 0. The minimum atomic E-state index is -0.825. The van der Waals surface area contributed by atoms with Crippen molar-refractivity contribution in [3.63, 3.8) is 0 Å². The quantitative estimate of drug-likeness (QED) is 0.799. The molecule has 2 rings (SSSR count). The average molecular weight is 212 g/mol. The Kier molecular flexibility index (Phi) is 2.74. The molecule has 0 aromatic heterocycles. The molecule has 1 saturated carbocycles. The van der Waals surface area contributed by atoms with Gasteiger partial charge >= 0.3 is 0 Å². The Morgan fingerprint density at radius 3 is 2.53 bits per heavy atom. The summed E-state index contributed by atoms with van der Waals surface area (Å²) in [4.78, 5) is 0. The van der Waals surface area contributed by atoms with Crippen molar-refractivity contribution >= 4 is 0 Å². The third kappa shape index (κ3) is 2.34. The highest BCUT2D eigenvalue weighted by Crippen LogP contribution is 2.33. The lowest BCUT2D eigenvalue weighted by molar-refractivity contribution is 0.0472. The Hall–Kier alpha value is -0.960. The van der Waals surface area contributed by atoms with E-state index in [2.05, 4.69) is 0 Å². The van der Waals surface area contributed by atoms with E-state index in [1.807, 2.05) is 0 Å². The maximum Gasteiger partial charge on any atom is 0.126 e. The van der Waals surface area contributed by atoms with Crippen molar-refractivity contribution in [3.8, 4) is 0 Å². The van der Waals surface area contributed by atoms with Crippen molar-refractivity contribution in [2.45, 2.75) is 37.7 Å². The van der Waals surface area contributed by atoms with Crippen LogP contribution in [-0.2, 0) is 6.42 Å². The number of aliphatic hydroxyl groups is 1. The summed E-state index contributed by atoms with van der Waals surface area (Å²) in [6.07, 6.45) is 3.52. The molecule has 0 spiro atoms. The van der Waals surface area contributed by atoms with E-state index < -0.39 is 17.2 Å². The van der Waals surface area contributed by atoms with Crippen LogP contribution in [0.3, 0.4) is 0 Å². The van der Waals surface area contributed by atoms with Crippen LogP contribution < -0.4 is 0 Å². The van der Waals surface area contributed by atoms with Crippen molar-refractivity contribution in [2.75, 3.05) is 0 Å². The molecule has 1 nitrogen and oxygen atoms in total. The zero-order valence-electron chi connectivity index (χ0n) is 8.47. The van der Waals surface area contributed by atoms with Crippen LogP contribution in [0.2, 0.25) is 0 Å². The third-order valence-corrected chi connectivity index (χ3v) is 3.06.